The van der Waals surface area contributed by atoms with Crippen molar-refractivity contribution in [2.24, 2.45) is 0 Å². The number of carbonyl (C=O) groups is 5. The SMILES string of the molecule is Cc1c(C)c2c(c(C)c1OCC(=O)OC(C)(C)C)C(=O)CC(C)(COc1ccc(CC3SC(=O)N(CC(=O)OC(C)(C)C)C3=O)cc1)O2. The van der Waals surface area contributed by atoms with E-state index in [0.29, 0.717) is 34.8 Å². The maximum absolute atomic E-state index is 13.5. The Bertz CT molecular complexity index is 1620. The van der Waals surface area contributed by atoms with Gasteiger partial charge in [-0.15, -0.1) is 0 Å². The van der Waals surface area contributed by atoms with E-state index in [1.54, 1.807) is 60.6 Å². The minimum Gasteiger partial charge on any atom is -0.489 e. The summed E-state index contributed by atoms with van der Waals surface area (Å²) in [5, 5.41) is -1.12. The molecule has 2 aromatic rings. The van der Waals surface area contributed by atoms with Crippen molar-refractivity contribution in [3.8, 4) is 17.2 Å². The Labute approximate surface area is 285 Å². The van der Waals surface area contributed by atoms with Crippen molar-refractivity contribution < 1.29 is 47.7 Å². The van der Waals surface area contributed by atoms with Crippen molar-refractivity contribution in [1.82, 2.24) is 4.90 Å². The Morgan fingerprint density at radius 3 is 2.10 bits per heavy atom. The lowest BCUT2D eigenvalue weighted by molar-refractivity contribution is -0.158. The van der Waals surface area contributed by atoms with Gasteiger partial charge in [-0.25, -0.2) is 4.79 Å². The number of hydrogen-bond acceptors (Lipinski definition) is 11. The van der Waals surface area contributed by atoms with Crippen molar-refractivity contribution in [2.75, 3.05) is 19.8 Å². The first-order chi connectivity index (χ1) is 22.2. The molecule has 2 atom stereocenters. The second-order valence-electron chi connectivity index (χ2n) is 14.5. The lowest BCUT2D eigenvalue weighted by Crippen LogP contribution is -2.45. The van der Waals surface area contributed by atoms with Gasteiger partial charge in [0.2, 0.25) is 5.91 Å². The Balaban J connectivity index is 1.38. The second-order valence-corrected chi connectivity index (χ2v) is 15.6. The van der Waals surface area contributed by atoms with Crippen LogP contribution < -0.4 is 14.2 Å². The van der Waals surface area contributed by atoms with Gasteiger partial charge in [0.1, 0.15) is 47.2 Å². The Morgan fingerprint density at radius 1 is 0.896 bits per heavy atom. The van der Waals surface area contributed by atoms with Crippen LogP contribution in [0.1, 0.15) is 87.5 Å². The van der Waals surface area contributed by atoms with Crippen LogP contribution in [0.2, 0.25) is 0 Å². The summed E-state index contributed by atoms with van der Waals surface area (Å²) in [6.45, 7) is 17.2. The van der Waals surface area contributed by atoms with Gasteiger partial charge in [-0.05, 0) is 104 Å². The number of Topliss-reactive ketones (excluding diaryl/α,β-unsaturated/α-hetero) is 1. The molecule has 0 saturated carbocycles. The lowest BCUT2D eigenvalue weighted by atomic mass is 9.86. The number of nitrogens with zero attached hydrogens (tertiary/aromatic N) is 1. The zero-order valence-electron chi connectivity index (χ0n) is 29.4. The Kier molecular flexibility index (Phi) is 10.6. The molecule has 0 spiro atoms. The summed E-state index contributed by atoms with van der Waals surface area (Å²) < 4.78 is 29.0. The van der Waals surface area contributed by atoms with Crippen LogP contribution >= 0.6 is 11.8 Å². The Morgan fingerprint density at radius 2 is 1.50 bits per heavy atom. The number of benzene rings is 2. The van der Waals surface area contributed by atoms with E-state index in [2.05, 4.69) is 0 Å². The molecule has 2 aliphatic heterocycles. The van der Waals surface area contributed by atoms with Gasteiger partial charge in [-0.1, -0.05) is 23.9 Å². The molecule has 0 N–H and O–H groups in total. The topological polar surface area (TPSA) is 135 Å². The fraction of sp³-hybridized carbons (Fsp3) is 0.528. The lowest BCUT2D eigenvalue weighted by Gasteiger charge is -2.37. The van der Waals surface area contributed by atoms with Gasteiger partial charge in [0, 0.05) is 5.56 Å². The number of ether oxygens (including phenoxy) is 5. The number of amides is 2. The fourth-order valence-corrected chi connectivity index (χ4v) is 6.54. The van der Waals surface area contributed by atoms with E-state index in [1.165, 1.54) is 0 Å². The molecule has 0 aromatic heterocycles. The zero-order valence-corrected chi connectivity index (χ0v) is 30.2. The average Bonchev–Trinajstić information content (AvgIpc) is 3.20. The van der Waals surface area contributed by atoms with Crippen LogP contribution in [0, 0.1) is 20.8 Å². The van der Waals surface area contributed by atoms with Gasteiger partial charge in [-0.3, -0.25) is 24.1 Å². The van der Waals surface area contributed by atoms with Crippen LogP contribution in [0.4, 0.5) is 4.79 Å². The van der Waals surface area contributed by atoms with E-state index in [1.807, 2.05) is 32.9 Å². The van der Waals surface area contributed by atoms with Crippen molar-refractivity contribution in [3.63, 3.8) is 0 Å². The van der Waals surface area contributed by atoms with E-state index >= 15 is 0 Å². The molecule has 11 nitrogen and oxygen atoms in total. The third-order valence-electron chi connectivity index (χ3n) is 7.70. The fourth-order valence-electron chi connectivity index (χ4n) is 5.51. The van der Waals surface area contributed by atoms with Gasteiger partial charge in [-0.2, -0.15) is 0 Å². The standard InChI is InChI=1S/C36H45NO10S/c1-20-21(2)31-29(22(3)30(20)43-18-28(40)46-35(7,8)9)25(38)16-36(10,47-31)19-44-24-13-11-23(12-14-24)15-26-32(41)37(33(42)48-26)17-27(39)45-34(4,5)6/h11-14,26H,15-19H2,1-10H3. The molecule has 0 bridgehead atoms. The molecule has 1 fully saturated rings. The van der Waals surface area contributed by atoms with E-state index in [-0.39, 0.29) is 25.4 Å². The monoisotopic (exact) mass is 683 g/mol. The maximum Gasteiger partial charge on any atom is 0.344 e. The molecule has 2 amide bonds. The molecule has 2 unspecified atom stereocenters. The minimum atomic E-state index is -0.948. The molecule has 48 heavy (non-hydrogen) atoms. The third kappa shape index (κ3) is 8.89. The predicted molar refractivity (Wildman–Crippen MR) is 180 cm³/mol. The molecule has 0 radical (unpaired) electrons. The molecule has 1 saturated heterocycles. The smallest absolute Gasteiger partial charge is 0.344 e. The predicted octanol–water partition coefficient (Wildman–Crippen LogP) is 6.08. The first-order valence-electron chi connectivity index (χ1n) is 15.8. The normalized spacial score (nSPS) is 19.5. The summed E-state index contributed by atoms with van der Waals surface area (Å²) in [7, 11) is 0. The molecule has 2 aromatic carbocycles. The molecule has 260 valence electrons. The average molecular weight is 684 g/mol. The van der Waals surface area contributed by atoms with Crippen LogP contribution in [0.15, 0.2) is 24.3 Å². The van der Waals surface area contributed by atoms with E-state index < -0.39 is 51.7 Å². The van der Waals surface area contributed by atoms with Crippen molar-refractivity contribution in [3.05, 3.63) is 52.1 Å². The first kappa shape index (κ1) is 36.8. The number of thioether (sulfide) groups is 1. The number of hydrogen-bond donors (Lipinski definition) is 0. The highest BCUT2D eigenvalue weighted by Crippen LogP contribution is 2.44. The summed E-state index contributed by atoms with van der Waals surface area (Å²) in [6.07, 6.45) is 0.371. The summed E-state index contributed by atoms with van der Waals surface area (Å²) >= 11 is 0.895. The summed E-state index contributed by atoms with van der Waals surface area (Å²) in [5.41, 5.74) is 1.04. The summed E-state index contributed by atoms with van der Waals surface area (Å²) in [5.74, 6) is -0.194. The van der Waals surface area contributed by atoms with E-state index in [4.69, 9.17) is 23.7 Å². The quantitative estimate of drug-likeness (QED) is 0.270. The van der Waals surface area contributed by atoms with E-state index in [0.717, 1.165) is 33.4 Å². The first-order valence-corrected chi connectivity index (χ1v) is 16.7. The van der Waals surface area contributed by atoms with Crippen molar-refractivity contribution in [1.29, 1.82) is 0 Å². The third-order valence-corrected chi connectivity index (χ3v) is 8.78. The maximum atomic E-state index is 13.5. The van der Waals surface area contributed by atoms with Gasteiger partial charge in [0.15, 0.2) is 12.4 Å². The number of rotatable bonds is 10. The van der Waals surface area contributed by atoms with Crippen LogP contribution in [0.25, 0.3) is 0 Å². The van der Waals surface area contributed by atoms with E-state index in [9.17, 15) is 24.0 Å². The minimum absolute atomic E-state index is 0.0712. The Hall–Kier alpha value is -4.06. The number of imide groups is 1. The molecule has 2 heterocycles. The van der Waals surface area contributed by atoms with Crippen molar-refractivity contribution >= 4 is 40.6 Å². The molecular weight excluding hydrogens is 638 g/mol. The van der Waals surface area contributed by atoms with Crippen LogP contribution in [-0.4, -0.2) is 75.6 Å². The molecule has 4 rings (SSSR count). The van der Waals surface area contributed by atoms with Crippen LogP contribution in [0.5, 0.6) is 17.2 Å². The summed E-state index contributed by atoms with van der Waals surface area (Å²) in [6, 6.07) is 7.14. The second kappa shape index (κ2) is 13.8. The zero-order chi connectivity index (χ0) is 35.8. The molecule has 0 aliphatic carbocycles. The molecule has 2 aliphatic rings. The van der Waals surface area contributed by atoms with Crippen LogP contribution in [0.3, 0.4) is 0 Å². The van der Waals surface area contributed by atoms with Gasteiger partial charge < -0.3 is 23.7 Å². The summed E-state index contributed by atoms with van der Waals surface area (Å²) in [4.78, 5) is 64.3. The number of carbonyl (C=O) groups excluding carboxylic acids is 5. The number of esters is 2. The number of fused-ring (bicyclic) bond motifs is 1. The van der Waals surface area contributed by atoms with Gasteiger partial charge >= 0.3 is 11.9 Å². The van der Waals surface area contributed by atoms with Crippen molar-refractivity contribution in [2.45, 2.75) is 104 Å². The highest BCUT2D eigenvalue weighted by Gasteiger charge is 2.42. The van der Waals surface area contributed by atoms with Gasteiger partial charge in [0.05, 0.1) is 17.2 Å². The molecule has 12 heteroatoms. The van der Waals surface area contributed by atoms with Gasteiger partial charge in [0.25, 0.3) is 5.24 Å². The largest absolute Gasteiger partial charge is 0.489 e. The van der Waals surface area contributed by atoms with Crippen LogP contribution in [-0.2, 0) is 30.3 Å². The highest BCUT2D eigenvalue weighted by molar-refractivity contribution is 8.15. The molecular formula is C36H45NO10S. The number of ketones is 1. The highest BCUT2D eigenvalue weighted by atomic mass is 32.2.